The van der Waals surface area contributed by atoms with Gasteiger partial charge in [-0.2, -0.15) is 0 Å². The number of rotatable bonds is 8. The monoisotopic (exact) mass is 293 g/mol. The largest absolute Gasteiger partial charge is 0.395 e. The molecule has 0 saturated heterocycles. The summed E-state index contributed by atoms with van der Waals surface area (Å²) in [5, 5.41) is 14.0. The fourth-order valence-electron chi connectivity index (χ4n) is 1.80. The molecule has 21 heavy (non-hydrogen) atoms. The minimum atomic E-state index is -0.252. The Morgan fingerprint density at radius 1 is 1.29 bits per heavy atom. The van der Waals surface area contributed by atoms with Crippen molar-refractivity contribution in [3.63, 3.8) is 0 Å². The molecule has 0 heterocycles. The maximum absolute atomic E-state index is 11.9. The van der Waals surface area contributed by atoms with E-state index in [0.717, 1.165) is 12.8 Å². The van der Waals surface area contributed by atoms with Crippen LogP contribution in [0.25, 0.3) is 0 Å². The minimum absolute atomic E-state index is 0.0547. The molecule has 6 nitrogen and oxygen atoms in total. The van der Waals surface area contributed by atoms with Gasteiger partial charge in [0.25, 0.3) is 5.91 Å². The molecular formula is C15H23N3O3. The van der Waals surface area contributed by atoms with Gasteiger partial charge in [0.05, 0.1) is 6.61 Å². The average Bonchev–Trinajstić information content (AvgIpc) is 2.50. The van der Waals surface area contributed by atoms with Crippen molar-refractivity contribution >= 4 is 17.5 Å². The van der Waals surface area contributed by atoms with Gasteiger partial charge in [-0.25, -0.2) is 0 Å². The lowest BCUT2D eigenvalue weighted by Crippen LogP contribution is -2.26. The Kier molecular flexibility index (Phi) is 7.42. The second-order valence-electron chi connectivity index (χ2n) is 4.88. The number of nitrogens with two attached hydrogens (primary N) is 1. The highest BCUT2D eigenvalue weighted by Crippen LogP contribution is 2.13. The predicted molar refractivity (Wildman–Crippen MR) is 81.9 cm³/mol. The van der Waals surface area contributed by atoms with Crippen LogP contribution in [0.3, 0.4) is 0 Å². The minimum Gasteiger partial charge on any atom is -0.395 e. The zero-order chi connectivity index (χ0) is 15.7. The first kappa shape index (κ1) is 17.1. The molecule has 0 radical (unpaired) electrons. The van der Waals surface area contributed by atoms with Crippen molar-refractivity contribution in [2.75, 3.05) is 25.0 Å². The second kappa shape index (κ2) is 9.10. The molecule has 0 bridgehead atoms. The lowest BCUT2D eigenvalue weighted by Gasteiger charge is -2.12. The van der Waals surface area contributed by atoms with Crippen LogP contribution in [0.2, 0.25) is 0 Å². The Balaban J connectivity index is 2.54. The molecule has 1 aromatic rings. The first-order chi connectivity index (χ1) is 10.1. The summed E-state index contributed by atoms with van der Waals surface area (Å²) in [4.78, 5) is 23.6. The van der Waals surface area contributed by atoms with Crippen molar-refractivity contribution in [2.45, 2.75) is 19.8 Å². The zero-order valence-electron chi connectivity index (χ0n) is 12.3. The van der Waals surface area contributed by atoms with E-state index in [-0.39, 0.29) is 30.9 Å². The fraction of sp³-hybridized carbons (Fsp3) is 0.467. The molecule has 6 heteroatoms. The molecule has 2 amide bonds. The van der Waals surface area contributed by atoms with Crippen LogP contribution in [0.5, 0.6) is 0 Å². The van der Waals surface area contributed by atoms with Gasteiger partial charge < -0.3 is 21.5 Å². The number of carbonyl (C=O) groups is 2. The molecule has 0 saturated carbocycles. The SMILES string of the molecule is CC(CCCN)C(=O)Nc1ccc(C(=O)NCCO)cc1. The molecule has 0 spiro atoms. The molecular weight excluding hydrogens is 270 g/mol. The number of hydrogen-bond donors (Lipinski definition) is 4. The number of aliphatic hydroxyl groups is 1. The van der Waals surface area contributed by atoms with Crippen molar-refractivity contribution in [2.24, 2.45) is 11.7 Å². The average molecular weight is 293 g/mol. The molecule has 1 unspecified atom stereocenters. The van der Waals surface area contributed by atoms with E-state index < -0.39 is 0 Å². The van der Waals surface area contributed by atoms with Crippen LogP contribution in [0.15, 0.2) is 24.3 Å². The van der Waals surface area contributed by atoms with Crippen molar-refractivity contribution in [1.82, 2.24) is 5.32 Å². The van der Waals surface area contributed by atoms with Gasteiger partial charge in [0.15, 0.2) is 0 Å². The van der Waals surface area contributed by atoms with Crippen LogP contribution < -0.4 is 16.4 Å². The molecule has 0 aromatic heterocycles. The first-order valence-corrected chi connectivity index (χ1v) is 7.08. The van der Waals surface area contributed by atoms with E-state index in [2.05, 4.69) is 10.6 Å². The lowest BCUT2D eigenvalue weighted by atomic mass is 10.0. The van der Waals surface area contributed by atoms with Crippen molar-refractivity contribution in [1.29, 1.82) is 0 Å². The zero-order valence-corrected chi connectivity index (χ0v) is 12.3. The molecule has 0 fully saturated rings. The van der Waals surface area contributed by atoms with Crippen molar-refractivity contribution in [3.8, 4) is 0 Å². The first-order valence-electron chi connectivity index (χ1n) is 7.08. The Morgan fingerprint density at radius 3 is 2.52 bits per heavy atom. The van der Waals surface area contributed by atoms with Gasteiger partial charge in [-0.3, -0.25) is 9.59 Å². The molecule has 5 N–H and O–H groups in total. The third-order valence-corrected chi connectivity index (χ3v) is 3.10. The van der Waals surface area contributed by atoms with E-state index in [1.807, 2.05) is 6.92 Å². The molecule has 0 aliphatic carbocycles. The van der Waals surface area contributed by atoms with Crippen LogP contribution in [-0.4, -0.2) is 36.6 Å². The molecule has 1 atom stereocenters. The van der Waals surface area contributed by atoms with Crippen LogP contribution in [0.4, 0.5) is 5.69 Å². The van der Waals surface area contributed by atoms with Gasteiger partial charge >= 0.3 is 0 Å². The van der Waals surface area contributed by atoms with Crippen molar-refractivity contribution in [3.05, 3.63) is 29.8 Å². The normalized spacial score (nSPS) is 11.8. The van der Waals surface area contributed by atoms with Crippen LogP contribution in [0.1, 0.15) is 30.1 Å². The van der Waals surface area contributed by atoms with E-state index in [9.17, 15) is 9.59 Å². The van der Waals surface area contributed by atoms with Gasteiger partial charge in [0, 0.05) is 23.7 Å². The molecule has 0 aliphatic heterocycles. The summed E-state index contributed by atoms with van der Waals surface area (Å²) in [5.41, 5.74) is 6.56. The number of hydrogen-bond acceptors (Lipinski definition) is 4. The summed E-state index contributed by atoms with van der Waals surface area (Å²) in [5.74, 6) is -0.403. The molecule has 1 aromatic carbocycles. The number of amides is 2. The summed E-state index contributed by atoms with van der Waals surface area (Å²) < 4.78 is 0. The third-order valence-electron chi connectivity index (χ3n) is 3.10. The van der Waals surface area contributed by atoms with Gasteiger partial charge in [-0.05, 0) is 43.7 Å². The second-order valence-corrected chi connectivity index (χ2v) is 4.88. The topological polar surface area (TPSA) is 104 Å². The quantitative estimate of drug-likeness (QED) is 0.567. The third kappa shape index (κ3) is 5.93. The highest BCUT2D eigenvalue weighted by Gasteiger charge is 2.12. The Hall–Kier alpha value is -1.92. The summed E-state index contributed by atoms with van der Waals surface area (Å²) in [6.45, 7) is 2.56. The maximum Gasteiger partial charge on any atom is 0.251 e. The summed E-state index contributed by atoms with van der Waals surface area (Å²) in [6, 6.07) is 6.63. The van der Waals surface area contributed by atoms with Crippen LogP contribution >= 0.6 is 0 Å². The standard InChI is InChI=1S/C15H23N3O3/c1-11(3-2-8-16)14(20)18-13-6-4-12(5-7-13)15(21)17-9-10-19/h4-7,11,19H,2-3,8-10,16H2,1H3,(H,17,21)(H,18,20). The fourth-order valence-corrected chi connectivity index (χ4v) is 1.80. The van der Waals surface area contributed by atoms with Gasteiger partial charge in [0.1, 0.15) is 0 Å². The number of nitrogens with one attached hydrogen (secondary N) is 2. The van der Waals surface area contributed by atoms with Crippen molar-refractivity contribution < 1.29 is 14.7 Å². The molecule has 0 aliphatic rings. The summed E-state index contributed by atoms with van der Waals surface area (Å²) in [6.07, 6.45) is 1.57. The summed E-state index contributed by atoms with van der Waals surface area (Å²) in [7, 11) is 0. The highest BCUT2D eigenvalue weighted by molar-refractivity contribution is 5.96. The van der Waals surface area contributed by atoms with E-state index in [0.29, 0.717) is 17.8 Å². The van der Waals surface area contributed by atoms with E-state index >= 15 is 0 Å². The maximum atomic E-state index is 11.9. The predicted octanol–water partition coefficient (Wildman–Crippen LogP) is 0.722. The van der Waals surface area contributed by atoms with Gasteiger partial charge in [-0.1, -0.05) is 6.92 Å². The number of benzene rings is 1. The number of anilines is 1. The molecule has 116 valence electrons. The van der Waals surface area contributed by atoms with Gasteiger partial charge in [-0.15, -0.1) is 0 Å². The lowest BCUT2D eigenvalue weighted by molar-refractivity contribution is -0.119. The number of carbonyl (C=O) groups excluding carboxylic acids is 2. The van der Waals surface area contributed by atoms with E-state index in [1.54, 1.807) is 24.3 Å². The van der Waals surface area contributed by atoms with Crippen LogP contribution in [-0.2, 0) is 4.79 Å². The summed E-state index contributed by atoms with van der Waals surface area (Å²) >= 11 is 0. The Bertz CT molecular complexity index is 460. The van der Waals surface area contributed by atoms with E-state index in [1.165, 1.54) is 0 Å². The number of aliphatic hydroxyl groups excluding tert-OH is 1. The Labute approximate surface area is 124 Å². The van der Waals surface area contributed by atoms with Gasteiger partial charge in [0.2, 0.25) is 5.91 Å². The van der Waals surface area contributed by atoms with Crippen LogP contribution in [0, 0.1) is 5.92 Å². The Morgan fingerprint density at radius 2 is 1.95 bits per heavy atom. The molecule has 1 rings (SSSR count). The van der Waals surface area contributed by atoms with E-state index in [4.69, 9.17) is 10.8 Å². The highest BCUT2D eigenvalue weighted by atomic mass is 16.3. The smallest absolute Gasteiger partial charge is 0.251 e.